The minimum atomic E-state index is -1.01. The molecule has 0 bridgehead atoms. The Hall–Kier alpha value is -2.04. The molecule has 1 unspecified atom stereocenters. The van der Waals surface area contributed by atoms with Crippen molar-refractivity contribution >= 4 is 17.4 Å². The number of carbonyl (C=O) groups excluding carboxylic acids is 1. The summed E-state index contributed by atoms with van der Waals surface area (Å²) in [6.45, 7) is 5.43. The number of anilines is 1. The average Bonchev–Trinajstić information content (AvgIpc) is 2.39. The van der Waals surface area contributed by atoms with E-state index >= 15 is 0 Å². The number of carbonyl (C=O) groups is 1. The molecule has 1 rings (SSSR count). The predicted molar refractivity (Wildman–Crippen MR) is 71.6 cm³/mol. The second-order valence-electron chi connectivity index (χ2n) is 4.49. The van der Waals surface area contributed by atoms with Gasteiger partial charge in [0.25, 0.3) is 0 Å². The van der Waals surface area contributed by atoms with E-state index in [1.807, 2.05) is 38.1 Å². The summed E-state index contributed by atoms with van der Waals surface area (Å²) >= 11 is 0. The molecule has 0 radical (unpaired) electrons. The predicted octanol–water partition coefficient (Wildman–Crippen LogP) is 2.10. The van der Waals surface area contributed by atoms with Gasteiger partial charge in [-0.05, 0) is 32.4 Å². The van der Waals surface area contributed by atoms with Crippen LogP contribution < -0.4 is 11.1 Å². The molecule has 0 fully saturated rings. The second kappa shape index (κ2) is 5.53. The summed E-state index contributed by atoms with van der Waals surface area (Å²) in [6, 6.07) is 7.44. The van der Waals surface area contributed by atoms with Crippen LogP contribution in [0.15, 0.2) is 29.4 Å². The van der Waals surface area contributed by atoms with E-state index in [2.05, 4.69) is 10.5 Å². The number of amidine groups is 1. The zero-order chi connectivity index (χ0) is 13.8. The Labute approximate surface area is 107 Å². The molecule has 5 heteroatoms. The summed E-state index contributed by atoms with van der Waals surface area (Å²) < 4.78 is 0. The van der Waals surface area contributed by atoms with Crippen LogP contribution in [0.5, 0.6) is 0 Å². The summed E-state index contributed by atoms with van der Waals surface area (Å²) in [5.74, 6) is -0.376. The molecule has 1 aromatic carbocycles. The van der Waals surface area contributed by atoms with Gasteiger partial charge in [0.05, 0.1) is 0 Å². The third-order valence-electron chi connectivity index (χ3n) is 3.19. The molecule has 18 heavy (non-hydrogen) atoms. The molecule has 0 spiro atoms. The first kappa shape index (κ1) is 14.0. The summed E-state index contributed by atoms with van der Waals surface area (Å²) in [5, 5.41) is 14.4. The van der Waals surface area contributed by atoms with Crippen LogP contribution in [0, 0.1) is 12.3 Å². The first-order chi connectivity index (χ1) is 8.43. The fourth-order valence-corrected chi connectivity index (χ4v) is 1.47. The van der Waals surface area contributed by atoms with E-state index in [9.17, 15) is 4.79 Å². The van der Waals surface area contributed by atoms with E-state index in [1.165, 1.54) is 0 Å². The number of aryl methyl sites for hydroxylation is 1. The molecule has 1 amide bonds. The van der Waals surface area contributed by atoms with Crippen LogP contribution in [0.1, 0.15) is 25.8 Å². The van der Waals surface area contributed by atoms with Crippen molar-refractivity contribution in [1.29, 1.82) is 0 Å². The van der Waals surface area contributed by atoms with Gasteiger partial charge in [0.1, 0.15) is 5.41 Å². The summed E-state index contributed by atoms with van der Waals surface area (Å²) in [4.78, 5) is 12.2. The lowest BCUT2D eigenvalue weighted by atomic mass is 9.85. The zero-order valence-electron chi connectivity index (χ0n) is 10.9. The van der Waals surface area contributed by atoms with Crippen molar-refractivity contribution in [3.8, 4) is 0 Å². The Morgan fingerprint density at radius 2 is 2.00 bits per heavy atom. The maximum atomic E-state index is 12.2. The van der Waals surface area contributed by atoms with Gasteiger partial charge in [-0.25, -0.2) is 0 Å². The number of benzene rings is 1. The molecular weight excluding hydrogens is 230 g/mol. The molecule has 98 valence electrons. The molecule has 5 nitrogen and oxygen atoms in total. The number of nitrogens with two attached hydrogens (primary N) is 1. The highest BCUT2D eigenvalue weighted by Crippen LogP contribution is 2.24. The standard InChI is InChI=1S/C13H19N3O2/c1-4-13(3,11(14)16-18)12(17)15-10-7-5-9(2)6-8-10/h5-8,18H,4H2,1-3H3,(H2,14,16)(H,15,17). The van der Waals surface area contributed by atoms with Gasteiger partial charge in [0, 0.05) is 5.69 Å². The van der Waals surface area contributed by atoms with Gasteiger partial charge in [-0.15, -0.1) is 0 Å². The van der Waals surface area contributed by atoms with Gasteiger partial charge in [-0.1, -0.05) is 29.8 Å². The van der Waals surface area contributed by atoms with Gasteiger partial charge in [-0.3, -0.25) is 4.79 Å². The molecule has 0 heterocycles. The van der Waals surface area contributed by atoms with Crippen LogP contribution in [0.4, 0.5) is 5.69 Å². The van der Waals surface area contributed by atoms with E-state index in [0.717, 1.165) is 5.56 Å². The van der Waals surface area contributed by atoms with Crippen molar-refractivity contribution in [3.05, 3.63) is 29.8 Å². The van der Waals surface area contributed by atoms with Crippen LogP contribution in [0.25, 0.3) is 0 Å². The number of amides is 1. The second-order valence-corrected chi connectivity index (χ2v) is 4.49. The van der Waals surface area contributed by atoms with Crippen LogP contribution in [-0.4, -0.2) is 17.0 Å². The Morgan fingerprint density at radius 3 is 2.44 bits per heavy atom. The van der Waals surface area contributed by atoms with Crippen molar-refractivity contribution in [2.45, 2.75) is 27.2 Å². The Balaban J connectivity index is 2.90. The highest BCUT2D eigenvalue weighted by atomic mass is 16.4. The third-order valence-corrected chi connectivity index (χ3v) is 3.19. The van der Waals surface area contributed by atoms with Crippen LogP contribution in [0.2, 0.25) is 0 Å². The molecule has 1 atom stereocenters. The minimum Gasteiger partial charge on any atom is -0.409 e. The van der Waals surface area contributed by atoms with Crippen LogP contribution >= 0.6 is 0 Å². The van der Waals surface area contributed by atoms with E-state index in [0.29, 0.717) is 12.1 Å². The van der Waals surface area contributed by atoms with Crippen LogP contribution in [-0.2, 0) is 4.79 Å². The zero-order valence-corrected chi connectivity index (χ0v) is 10.9. The largest absolute Gasteiger partial charge is 0.409 e. The minimum absolute atomic E-state index is 0.0883. The van der Waals surface area contributed by atoms with Gasteiger partial charge in [0.2, 0.25) is 5.91 Å². The van der Waals surface area contributed by atoms with Crippen molar-refractivity contribution < 1.29 is 10.0 Å². The van der Waals surface area contributed by atoms with Crippen molar-refractivity contribution in [1.82, 2.24) is 0 Å². The highest BCUT2D eigenvalue weighted by Gasteiger charge is 2.36. The quantitative estimate of drug-likeness (QED) is 0.330. The van der Waals surface area contributed by atoms with Crippen molar-refractivity contribution in [3.63, 3.8) is 0 Å². The highest BCUT2D eigenvalue weighted by molar-refractivity contribution is 6.11. The molecule has 0 saturated heterocycles. The number of nitrogens with zero attached hydrogens (tertiary/aromatic N) is 1. The SMILES string of the molecule is CCC(C)(C(=O)Nc1ccc(C)cc1)/C(N)=N/O. The Morgan fingerprint density at radius 1 is 1.44 bits per heavy atom. The smallest absolute Gasteiger partial charge is 0.238 e. The Bertz CT molecular complexity index is 454. The third kappa shape index (κ3) is 2.80. The molecule has 1 aromatic rings. The number of hydrogen-bond acceptors (Lipinski definition) is 3. The molecule has 0 aliphatic rings. The summed E-state index contributed by atoms with van der Waals surface area (Å²) in [6.07, 6.45) is 0.445. The topological polar surface area (TPSA) is 87.7 Å². The maximum absolute atomic E-state index is 12.2. The molecule has 0 aliphatic heterocycles. The van der Waals surface area contributed by atoms with Crippen LogP contribution in [0.3, 0.4) is 0 Å². The van der Waals surface area contributed by atoms with Crippen molar-refractivity contribution in [2.24, 2.45) is 16.3 Å². The average molecular weight is 249 g/mol. The number of nitrogens with one attached hydrogen (secondary N) is 1. The van der Waals surface area contributed by atoms with Gasteiger partial charge in [-0.2, -0.15) is 0 Å². The summed E-state index contributed by atoms with van der Waals surface area (Å²) in [5.41, 5.74) is 6.37. The van der Waals surface area contributed by atoms with E-state index in [4.69, 9.17) is 10.9 Å². The lowest BCUT2D eigenvalue weighted by Gasteiger charge is -2.25. The van der Waals surface area contributed by atoms with Gasteiger partial charge in [0.15, 0.2) is 5.84 Å². The lowest BCUT2D eigenvalue weighted by molar-refractivity contribution is -0.121. The number of hydrogen-bond donors (Lipinski definition) is 3. The molecule has 0 aliphatic carbocycles. The first-order valence-corrected chi connectivity index (χ1v) is 5.80. The maximum Gasteiger partial charge on any atom is 0.238 e. The molecule has 0 saturated carbocycles. The molecule has 0 aromatic heterocycles. The van der Waals surface area contributed by atoms with E-state index in [-0.39, 0.29) is 11.7 Å². The first-order valence-electron chi connectivity index (χ1n) is 5.80. The number of oxime groups is 1. The molecule has 4 N–H and O–H groups in total. The van der Waals surface area contributed by atoms with E-state index < -0.39 is 5.41 Å². The number of rotatable bonds is 4. The fraction of sp³-hybridized carbons (Fsp3) is 0.385. The summed E-state index contributed by atoms with van der Waals surface area (Å²) in [7, 11) is 0. The Kier molecular flexibility index (Phi) is 4.31. The molecular formula is C13H19N3O2. The van der Waals surface area contributed by atoms with Crippen molar-refractivity contribution in [2.75, 3.05) is 5.32 Å². The van der Waals surface area contributed by atoms with Gasteiger partial charge < -0.3 is 16.3 Å². The van der Waals surface area contributed by atoms with E-state index in [1.54, 1.807) is 6.92 Å². The lowest BCUT2D eigenvalue weighted by Crippen LogP contribution is -2.44. The monoisotopic (exact) mass is 249 g/mol. The van der Waals surface area contributed by atoms with Gasteiger partial charge >= 0.3 is 0 Å². The normalized spacial score (nSPS) is 14.9. The fourth-order valence-electron chi connectivity index (χ4n) is 1.47.